The molecule has 5 rings (SSSR count). The van der Waals surface area contributed by atoms with Crippen LogP contribution in [-0.2, 0) is 0 Å². The summed E-state index contributed by atoms with van der Waals surface area (Å²) in [6, 6.07) is 5.90. The van der Waals surface area contributed by atoms with E-state index >= 15 is 0 Å². The summed E-state index contributed by atoms with van der Waals surface area (Å²) in [6.45, 7) is 1.93. The molecule has 4 saturated carbocycles. The van der Waals surface area contributed by atoms with Crippen molar-refractivity contribution < 1.29 is 4.79 Å². The van der Waals surface area contributed by atoms with E-state index < -0.39 is 0 Å². The van der Waals surface area contributed by atoms with Gasteiger partial charge in [0.15, 0.2) is 0 Å². The van der Waals surface area contributed by atoms with Crippen LogP contribution < -0.4 is 10.6 Å². The molecule has 2 N–H and O–H groups in total. The van der Waals surface area contributed by atoms with Gasteiger partial charge < -0.3 is 10.6 Å². The average molecular weight is 319 g/mol. The third-order valence-electron chi connectivity index (χ3n) is 6.04. The number of nitrogens with one attached hydrogen (secondary N) is 2. The van der Waals surface area contributed by atoms with E-state index in [1.807, 2.05) is 25.1 Å². The van der Waals surface area contributed by atoms with Crippen molar-refractivity contribution in [2.75, 3.05) is 5.32 Å². The zero-order valence-corrected chi connectivity index (χ0v) is 13.7. The standard InChI is InChI=1S/C18H23ClN2O/c1-10-15(19)3-2-4-16(10)20-18(22)21-17-13-6-11-5-12(8-13)9-14(17)7-11/h2-4,11-14,17H,5-9H2,1H3,(H2,20,21,22). The molecule has 0 unspecified atom stereocenters. The smallest absolute Gasteiger partial charge is 0.319 e. The molecule has 22 heavy (non-hydrogen) atoms. The van der Waals surface area contributed by atoms with Gasteiger partial charge in [-0.1, -0.05) is 17.7 Å². The lowest BCUT2D eigenvalue weighted by Crippen LogP contribution is -2.56. The van der Waals surface area contributed by atoms with E-state index in [0.717, 1.165) is 23.1 Å². The van der Waals surface area contributed by atoms with Gasteiger partial charge in [-0.15, -0.1) is 0 Å². The van der Waals surface area contributed by atoms with Crippen LogP contribution in [0, 0.1) is 30.6 Å². The number of hydrogen-bond donors (Lipinski definition) is 2. The van der Waals surface area contributed by atoms with Gasteiger partial charge in [0.2, 0.25) is 0 Å². The minimum atomic E-state index is -0.0807. The second-order valence-electron chi connectivity index (χ2n) is 7.47. The topological polar surface area (TPSA) is 41.1 Å². The summed E-state index contributed by atoms with van der Waals surface area (Å²) >= 11 is 6.12. The molecule has 118 valence electrons. The molecule has 0 atom stereocenters. The molecule has 0 saturated heterocycles. The van der Waals surface area contributed by atoms with Crippen molar-refractivity contribution in [3.05, 3.63) is 28.8 Å². The van der Waals surface area contributed by atoms with Crippen LogP contribution in [0.3, 0.4) is 0 Å². The zero-order valence-electron chi connectivity index (χ0n) is 12.9. The molecule has 0 aliphatic heterocycles. The molecule has 0 radical (unpaired) electrons. The Balaban J connectivity index is 1.43. The molecular formula is C18H23ClN2O. The zero-order chi connectivity index (χ0) is 15.3. The molecule has 0 aromatic heterocycles. The van der Waals surface area contributed by atoms with E-state index in [1.165, 1.54) is 32.1 Å². The van der Waals surface area contributed by atoms with Crippen LogP contribution >= 0.6 is 11.6 Å². The summed E-state index contributed by atoms with van der Waals surface area (Å²) in [5.74, 6) is 3.25. The minimum Gasteiger partial charge on any atom is -0.335 e. The maximum Gasteiger partial charge on any atom is 0.319 e. The molecule has 4 heteroatoms. The largest absolute Gasteiger partial charge is 0.335 e. The van der Waals surface area contributed by atoms with Gasteiger partial charge in [0.05, 0.1) is 0 Å². The van der Waals surface area contributed by atoms with E-state index in [9.17, 15) is 4.79 Å². The lowest BCUT2D eigenvalue weighted by atomic mass is 9.54. The summed E-state index contributed by atoms with van der Waals surface area (Å²) in [6.07, 6.45) is 6.69. The number of hydrogen-bond acceptors (Lipinski definition) is 1. The van der Waals surface area contributed by atoms with Gasteiger partial charge in [-0.2, -0.15) is 0 Å². The van der Waals surface area contributed by atoms with E-state index in [-0.39, 0.29) is 6.03 Å². The van der Waals surface area contributed by atoms with Crippen molar-refractivity contribution in [2.45, 2.75) is 45.1 Å². The van der Waals surface area contributed by atoms with Gasteiger partial charge in [0, 0.05) is 16.8 Å². The Morgan fingerprint density at radius 1 is 1.09 bits per heavy atom. The van der Waals surface area contributed by atoms with E-state index in [0.29, 0.717) is 22.9 Å². The average Bonchev–Trinajstić information content (AvgIpc) is 2.47. The van der Waals surface area contributed by atoms with E-state index in [4.69, 9.17) is 11.6 Å². The molecule has 4 fully saturated rings. The van der Waals surface area contributed by atoms with Crippen LogP contribution in [0.1, 0.15) is 37.7 Å². The molecular weight excluding hydrogens is 296 g/mol. The van der Waals surface area contributed by atoms with Gasteiger partial charge in [-0.25, -0.2) is 4.79 Å². The van der Waals surface area contributed by atoms with Crippen molar-refractivity contribution in [3.8, 4) is 0 Å². The highest BCUT2D eigenvalue weighted by molar-refractivity contribution is 6.31. The molecule has 4 bridgehead atoms. The normalized spacial score (nSPS) is 35.5. The molecule has 4 aliphatic rings. The summed E-state index contributed by atoms with van der Waals surface area (Å²) in [4.78, 5) is 12.4. The van der Waals surface area contributed by atoms with Crippen LogP contribution in [0.4, 0.5) is 10.5 Å². The Hall–Kier alpha value is -1.22. The van der Waals surface area contributed by atoms with Gasteiger partial charge in [0.1, 0.15) is 0 Å². The number of urea groups is 1. The Labute approximate surface area is 136 Å². The quantitative estimate of drug-likeness (QED) is 0.822. The van der Waals surface area contributed by atoms with Gasteiger partial charge in [0.25, 0.3) is 0 Å². The number of carbonyl (C=O) groups excluding carboxylic acids is 1. The SMILES string of the molecule is Cc1c(Cl)cccc1NC(=O)NC1C2CC3CC(C2)CC1C3. The fourth-order valence-electron chi connectivity index (χ4n) is 5.21. The molecule has 3 nitrogen and oxygen atoms in total. The Morgan fingerprint density at radius 2 is 1.73 bits per heavy atom. The molecule has 1 aromatic rings. The Bertz CT molecular complexity index is 573. The summed E-state index contributed by atoms with van der Waals surface area (Å²) in [5, 5.41) is 6.93. The Kier molecular flexibility index (Phi) is 3.56. The first-order valence-corrected chi connectivity index (χ1v) is 8.80. The van der Waals surface area contributed by atoms with E-state index in [1.54, 1.807) is 0 Å². The summed E-state index contributed by atoms with van der Waals surface area (Å²) in [5.41, 5.74) is 1.72. The number of anilines is 1. The van der Waals surface area contributed by atoms with Crippen LogP contribution in [-0.4, -0.2) is 12.1 Å². The fourth-order valence-corrected chi connectivity index (χ4v) is 5.39. The van der Waals surface area contributed by atoms with Crippen molar-refractivity contribution in [1.82, 2.24) is 5.32 Å². The van der Waals surface area contributed by atoms with Crippen molar-refractivity contribution >= 4 is 23.3 Å². The maximum absolute atomic E-state index is 12.4. The molecule has 0 heterocycles. The van der Waals surface area contributed by atoms with Crippen molar-refractivity contribution in [3.63, 3.8) is 0 Å². The van der Waals surface area contributed by atoms with Crippen LogP contribution in [0.5, 0.6) is 0 Å². The first-order chi connectivity index (χ1) is 10.6. The third kappa shape index (κ3) is 2.50. The van der Waals surface area contributed by atoms with Crippen LogP contribution in [0.25, 0.3) is 0 Å². The second-order valence-corrected chi connectivity index (χ2v) is 7.87. The highest BCUT2D eigenvalue weighted by Gasteiger charge is 2.48. The molecule has 2 amide bonds. The first-order valence-electron chi connectivity index (χ1n) is 8.42. The lowest BCUT2D eigenvalue weighted by molar-refractivity contribution is -0.00883. The van der Waals surface area contributed by atoms with Crippen LogP contribution in [0.2, 0.25) is 5.02 Å². The van der Waals surface area contributed by atoms with Crippen LogP contribution in [0.15, 0.2) is 18.2 Å². The predicted molar refractivity (Wildman–Crippen MR) is 89.2 cm³/mol. The monoisotopic (exact) mass is 318 g/mol. The number of halogens is 1. The summed E-state index contributed by atoms with van der Waals surface area (Å²) < 4.78 is 0. The summed E-state index contributed by atoms with van der Waals surface area (Å²) in [7, 11) is 0. The third-order valence-corrected chi connectivity index (χ3v) is 6.45. The highest BCUT2D eigenvalue weighted by atomic mass is 35.5. The predicted octanol–water partition coefficient (Wildman–Crippen LogP) is 4.59. The molecule has 1 aromatic carbocycles. The van der Waals surface area contributed by atoms with Gasteiger partial charge >= 0.3 is 6.03 Å². The number of rotatable bonds is 2. The molecule has 4 aliphatic carbocycles. The van der Waals surface area contributed by atoms with Crippen molar-refractivity contribution in [1.29, 1.82) is 0 Å². The van der Waals surface area contributed by atoms with Gasteiger partial charge in [-0.05, 0) is 80.4 Å². The van der Waals surface area contributed by atoms with E-state index in [2.05, 4.69) is 10.6 Å². The lowest BCUT2D eigenvalue weighted by Gasteiger charge is -2.54. The second kappa shape index (κ2) is 5.45. The molecule has 0 spiro atoms. The van der Waals surface area contributed by atoms with Gasteiger partial charge in [-0.3, -0.25) is 0 Å². The fraction of sp³-hybridized carbons (Fsp3) is 0.611. The number of carbonyl (C=O) groups is 1. The number of amides is 2. The Morgan fingerprint density at radius 3 is 2.36 bits per heavy atom. The maximum atomic E-state index is 12.4. The minimum absolute atomic E-state index is 0.0807. The number of benzene rings is 1. The highest BCUT2D eigenvalue weighted by Crippen LogP contribution is 2.53. The van der Waals surface area contributed by atoms with Crippen molar-refractivity contribution in [2.24, 2.45) is 23.7 Å². The first kappa shape index (κ1) is 14.4.